The van der Waals surface area contributed by atoms with Crippen LogP contribution in [0.4, 0.5) is 0 Å². The predicted molar refractivity (Wildman–Crippen MR) is 91.1 cm³/mol. The lowest BCUT2D eigenvalue weighted by molar-refractivity contribution is -0.140. The van der Waals surface area contributed by atoms with Crippen LogP contribution in [0.15, 0.2) is 24.3 Å². The molecular formula is C18H23N3O4. The van der Waals surface area contributed by atoms with Crippen molar-refractivity contribution in [3.63, 3.8) is 0 Å². The van der Waals surface area contributed by atoms with Gasteiger partial charge in [0.15, 0.2) is 0 Å². The molecule has 1 heterocycles. The second-order valence-electron chi connectivity index (χ2n) is 6.62. The van der Waals surface area contributed by atoms with Gasteiger partial charge in [-0.3, -0.25) is 14.4 Å². The average molecular weight is 345 g/mol. The zero-order valence-electron chi connectivity index (χ0n) is 14.3. The highest BCUT2D eigenvalue weighted by Gasteiger charge is 2.27. The van der Waals surface area contributed by atoms with Crippen molar-refractivity contribution in [2.75, 3.05) is 26.2 Å². The van der Waals surface area contributed by atoms with E-state index in [2.05, 4.69) is 5.32 Å². The SMILES string of the molecule is CC(O)C(=O)N1CCN(C(=O)c2ccc(C(=O)NC3CC3)cc2)CC1. The summed E-state index contributed by atoms with van der Waals surface area (Å²) < 4.78 is 0. The van der Waals surface area contributed by atoms with E-state index >= 15 is 0 Å². The van der Waals surface area contributed by atoms with Crippen LogP contribution in [0, 0.1) is 0 Å². The molecule has 1 saturated carbocycles. The first-order chi connectivity index (χ1) is 12.0. The predicted octanol–water partition coefficient (Wildman–Crippen LogP) is 0.244. The van der Waals surface area contributed by atoms with Crippen molar-refractivity contribution >= 4 is 17.7 Å². The molecule has 3 amide bonds. The van der Waals surface area contributed by atoms with Gasteiger partial charge in [0.2, 0.25) is 0 Å². The Morgan fingerprint density at radius 1 is 1.00 bits per heavy atom. The Kier molecular flexibility index (Phi) is 5.03. The van der Waals surface area contributed by atoms with Gasteiger partial charge in [0.25, 0.3) is 17.7 Å². The van der Waals surface area contributed by atoms with E-state index in [0.29, 0.717) is 43.3 Å². The largest absolute Gasteiger partial charge is 0.384 e. The van der Waals surface area contributed by atoms with Crippen molar-refractivity contribution in [1.29, 1.82) is 0 Å². The molecule has 0 bridgehead atoms. The van der Waals surface area contributed by atoms with Crippen molar-refractivity contribution in [3.8, 4) is 0 Å². The maximum absolute atomic E-state index is 12.6. The quantitative estimate of drug-likeness (QED) is 0.818. The minimum Gasteiger partial charge on any atom is -0.384 e. The number of aliphatic hydroxyl groups is 1. The van der Waals surface area contributed by atoms with E-state index in [0.717, 1.165) is 12.8 Å². The maximum atomic E-state index is 12.6. The summed E-state index contributed by atoms with van der Waals surface area (Å²) in [6.07, 6.45) is 1.05. The summed E-state index contributed by atoms with van der Waals surface area (Å²) in [6.45, 7) is 3.14. The summed E-state index contributed by atoms with van der Waals surface area (Å²) in [5.41, 5.74) is 1.08. The Labute approximate surface area is 146 Å². The van der Waals surface area contributed by atoms with Gasteiger partial charge in [-0.25, -0.2) is 0 Å². The number of aliphatic hydroxyl groups excluding tert-OH is 1. The summed E-state index contributed by atoms with van der Waals surface area (Å²) in [7, 11) is 0. The molecule has 2 N–H and O–H groups in total. The number of amides is 3. The summed E-state index contributed by atoms with van der Waals surface area (Å²) >= 11 is 0. The number of carbonyl (C=O) groups excluding carboxylic acids is 3. The molecule has 1 atom stereocenters. The van der Waals surface area contributed by atoms with Gasteiger partial charge in [-0.1, -0.05) is 0 Å². The fourth-order valence-electron chi connectivity index (χ4n) is 2.84. The standard InChI is InChI=1S/C18H23N3O4/c1-12(22)17(24)20-8-10-21(11-9-20)18(25)14-4-2-13(3-5-14)16(23)19-15-6-7-15/h2-5,12,15,22H,6-11H2,1H3,(H,19,23). The van der Waals surface area contributed by atoms with E-state index in [9.17, 15) is 19.5 Å². The zero-order chi connectivity index (χ0) is 18.0. The fraction of sp³-hybridized carbons (Fsp3) is 0.500. The number of hydrogen-bond acceptors (Lipinski definition) is 4. The Bertz CT molecular complexity index is 659. The van der Waals surface area contributed by atoms with Crippen LogP contribution in [0.3, 0.4) is 0 Å². The normalized spacial score (nSPS) is 18.6. The molecule has 2 fully saturated rings. The highest BCUT2D eigenvalue weighted by atomic mass is 16.3. The van der Waals surface area contributed by atoms with Crippen LogP contribution in [0.2, 0.25) is 0 Å². The first kappa shape index (κ1) is 17.4. The number of nitrogens with zero attached hydrogens (tertiary/aromatic N) is 2. The van der Waals surface area contributed by atoms with Gasteiger partial charge >= 0.3 is 0 Å². The van der Waals surface area contributed by atoms with Crippen LogP contribution in [0.1, 0.15) is 40.5 Å². The third kappa shape index (κ3) is 4.17. The van der Waals surface area contributed by atoms with Crippen LogP contribution in [-0.2, 0) is 4.79 Å². The summed E-state index contributed by atoms with van der Waals surface area (Å²) in [4.78, 5) is 39.5. The molecule has 7 nitrogen and oxygen atoms in total. The van der Waals surface area contributed by atoms with E-state index in [4.69, 9.17) is 0 Å². The highest BCUT2D eigenvalue weighted by molar-refractivity contribution is 5.98. The third-order valence-corrected chi connectivity index (χ3v) is 4.54. The van der Waals surface area contributed by atoms with E-state index in [1.807, 2.05) is 0 Å². The summed E-state index contributed by atoms with van der Waals surface area (Å²) in [6, 6.07) is 6.96. The molecule has 1 aliphatic heterocycles. The number of carbonyl (C=O) groups is 3. The molecule has 7 heteroatoms. The second-order valence-corrected chi connectivity index (χ2v) is 6.62. The lowest BCUT2D eigenvalue weighted by atomic mass is 10.1. The molecule has 0 radical (unpaired) electrons. The molecule has 0 spiro atoms. The molecule has 1 aromatic carbocycles. The van der Waals surface area contributed by atoms with Gasteiger partial charge in [0.1, 0.15) is 6.10 Å². The van der Waals surface area contributed by atoms with E-state index in [-0.39, 0.29) is 17.7 Å². The number of nitrogens with one attached hydrogen (secondary N) is 1. The molecule has 25 heavy (non-hydrogen) atoms. The van der Waals surface area contributed by atoms with Crippen LogP contribution in [-0.4, -0.2) is 71.0 Å². The second kappa shape index (κ2) is 7.23. The number of rotatable bonds is 4. The maximum Gasteiger partial charge on any atom is 0.253 e. The van der Waals surface area contributed by atoms with Crippen LogP contribution in [0.25, 0.3) is 0 Å². The molecular weight excluding hydrogens is 322 g/mol. The van der Waals surface area contributed by atoms with Crippen LogP contribution >= 0.6 is 0 Å². The molecule has 2 aliphatic rings. The molecule has 1 aliphatic carbocycles. The van der Waals surface area contributed by atoms with Gasteiger partial charge in [-0.05, 0) is 44.0 Å². The van der Waals surface area contributed by atoms with Gasteiger partial charge in [-0.15, -0.1) is 0 Å². The number of benzene rings is 1. The highest BCUT2D eigenvalue weighted by Crippen LogP contribution is 2.19. The molecule has 1 aromatic rings. The summed E-state index contributed by atoms with van der Waals surface area (Å²) in [5.74, 6) is -0.525. The van der Waals surface area contributed by atoms with Gasteiger partial charge in [0, 0.05) is 43.3 Å². The fourth-order valence-corrected chi connectivity index (χ4v) is 2.84. The smallest absolute Gasteiger partial charge is 0.253 e. The van der Waals surface area contributed by atoms with Crippen molar-refractivity contribution in [1.82, 2.24) is 15.1 Å². The topological polar surface area (TPSA) is 90.0 Å². The number of hydrogen-bond donors (Lipinski definition) is 2. The average Bonchev–Trinajstić information content (AvgIpc) is 3.44. The minimum absolute atomic E-state index is 0.105. The van der Waals surface area contributed by atoms with Gasteiger partial charge < -0.3 is 20.2 Å². The Balaban J connectivity index is 1.56. The Morgan fingerprint density at radius 3 is 2.04 bits per heavy atom. The Morgan fingerprint density at radius 2 is 1.52 bits per heavy atom. The van der Waals surface area contributed by atoms with Crippen molar-refractivity contribution in [3.05, 3.63) is 35.4 Å². The lowest BCUT2D eigenvalue weighted by Gasteiger charge is -2.35. The number of piperazine rings is 1. The van der Waals surface area contributed by atoms with E-state index in [1.54, 1.807) is 34.1 Å². The first-order valence-electron chi connectivity index (χ1n) is 8.63. The molecule has 134 valence electrons. The monoisotopic (exact) mass is 345 g/mol. The molecule has 0 aromatic heterocycles. The minimum atomic E-state index is -1.02. The van der Waals surface area contributed by atoms with Crippen LogP contribution in [0.5, 0.6) is 0 Å². The van der Waals surface area contributed by atoms with E-state index < -0.39 is 6.10 Å². The third-order valence-electron chi connectivity index (χ3n) is 4.54. The van der Waals surface area contributed by atoms with Crippen molar-refractivity contribution < 1.29 is 19.5 Å². The van der Waals surface area contributed by atoms with E-state index in [1.165, 1.54) is 6.92 Å². The van der Waals surface area contributed by atoms with Crippen molar-refractivity contribution in [2.45, 2.75) is 31.9 Å². The lowest BCUT2D eigenvalue weighted by Crippen LogP contribution is -2.52. The first-order valence-corrected chi connectivity index (χ1v) is 8.63. The molecule has 1 saturated heterocycles. The Hall–Kier alpha value is -2.41. The van der Waals surface area contributed by atoms with Gasteiger partial charge in [0.05, 0.1) is 0 Å². The summed E-state index contributed by atoms with van der Waals surface area (Å²) in [5, 5.41) is 12.3. The zero-order valence-corrected chi connectivity index (χ0v) is 14.3. The van der Waals surface area contributed by atoms with Gasteiger partial charge in [-0.2, -0.15) is 0 Å². The molecule has 3 rings (SSSR count). The van der Waals surface area contributed by atoms with Crippen LogP contribution < -0.4 is 5.32 Å². The molecule has 1 unspecified atom stereocenters. The van der Waals surface area contributed by atoms with Crippen molar-refractivity contribution in [2.24, 2.45) is 0 Å².